The molecule has 5 heteroatoms. The van der Waals surface area contributed by atoms with Gasteiger partial charge in [0.1, 0.15) is 11.3 Å². The molecule has 1 aromatic heterocycles. The highest BCUT2D eigenvalue weighted by Crippen LogP contribution is 2.34. The summed E-state index contributed by atoms with van der Waals surface area (Å²) >= 11 is 0. The first-order valence-corrected chi connectivity index (χ1v) is 10.4. The van der Waals surface area contributed by atoms with Gasteiger partial charge in [-0.2, -0.15) is 0 Å². The average molecular weight is 428 g/mol. The van der Waals surface area contributed by atoms with E-state index in [0.29, 0.717) is 27.8 Å². The fourth-order valence-corrected chi connectivity index (χ4v) is 3.74. The normalized spacial score (nSPS) is 11.9. The molecule has 32 heavy (non-hydrogen) atoms. The molecule has 0 unspecified atom stereocenters. The summed E-state index contributed by atoms with van der Waals surface area (Å²) < 4.78 is 17.5. The van der Waals surface area contributed by atoms with Gasteiger partial charge in [0.25, 0.3) is 0 Å². The monoisotopic (exact) mass is 428 g/mol. The molecular weight excluding hydrogens is 404 g/mol. The minimum atomic E-state index is -0.874. The molecule has 1 heterocycles. The van der Waals surface area contributed by atoms with Crippen molar-refractivity contribution < 1.29 is 18.7 Å². The zero-order valence-corrected chi connectivity index (χ0v) is 18.5. The smallest absolute Gasteiger partial charge is 0.235 e. The van der Waals surface area contributed by atoms with E-state index in [4.69, 9.17) is 13.9 Å². The van der Waals surface area contributed by atoms with E-state index >= 15 is 0 Å². The molecule has 0 saturated heterocycles. The summed E-state index contributed by atoms with van der Waals surface area (Å²) in [6.45, 7) is 5.46. The number of aryl methyl sites for hydroxylation is 2. The Labute approximate surface area is 186 Å². The van der Waals surface area contributed by atoms with E-state index in [2.05, 4.69) is 0 Å². The second-order valence-electron chi connectivity index (χ2n) is 7.77. The van der Waals surface area contributed by atoms with Gasteiger partial charge in [0.15, 0.2) is 11.9 Å². The molecule has 4 aromatic rings. The zero-order chi connectivity index (χ0) is 22.8. The Morgan fingerprint density at radius 3 is 2.31 bits per heavy atom. The van der Waals surface area contributed by atoms with Gasteiger partial charge in [-0.1, -0.05) is 36.4 Å². The van der Waals surface area contributed by atoms with Crippen LogP contribution in [0.5, 0.6) is 11.5 Å². The molecule has 0 bridgehead atoms. The Morgan fingerprint density at radius 1 is 0.969 bits per heavy atom. The van der Waals surface area contributed by atoms with Crippen LogP contribution < -0.4 is 14.9 Å². The number of ether oxygens (including phenoxy) is 2. The van der Waals surface area contributed by atoms with Gasteiger partial charge < -0.3 is 13.9 Å². The third-order valence-electron chi connectivity index (χ3n) is 5.35. The summed E-state index contributed by atoms with van der Waals surface area (Å²) in [4.78, 5) is 26.4. The molecule has 0 radical (unpaired) electrons. The molecule has 0 amide bonds. The van der Waals surface area contributed by atoms with E-state index in [0.717, 1.165) is 11.1 Å². The molecule has 0 aliphatic rings. The van der Waals surface area contributed by atoms with Crippen molar-refractivity contribution in [2.24, 2.45) is 0 Å². The van der Waals surface area contributed by atoms with Gasteiger partial charge in [-0.05, 0) is 62.2 Å². The van der Waals surface area contributed by atoms with Gasteiger partial charge in [-0.3, -0.25) is 9.59 Å². The summed E-state index contributed by atoms with van der Waals surface area (Å²) in [5.41, 5.74) is 3.16. The minimum Gasteiger partial charge on any atom is -0.497 e. The van der Waals surface area contributed by atoms with Crippen LogP contribution in [0.15, 0.2) is 75.9 Å². The molecule has 0 N–H and O–H groups in total. The maximum Gasteiger partial charge on any atom is 0.235 e. The highest BCUT2D eigenvalue weighted by atomic mass is 16.5. The topological polar surface area (TPSA) is 65.7 Å². The molecule has 0 saturated carbocycles. The van der Waals surface area contributed by atoms with Crippen LogP contribution in [-0.2, 0) is 0 Å². The van der Waals surface area contributed by atoms with Crippen LogP contribution in [0.1, 0.15) is 28.4 Å². The van der Waals surface area contributed by atoms with Crippen molar-refractivity contribution in [3.63, 3.8) is 0 Å². The van der Waals surface area contributed by atoms with Gasteiger partial charge in [0.2, 0.25) is 17.0 Å². The average Bonchev–Trinajstić information content (AvgIpc) is 2.81. The SMILES string of the molecule is COc1ccc(-c2oc3c(C)cc(C)cc3c(=O)c2O[C@@H](C)C(=O)c2ccccc2)cc1. The lowest BCUT2D eigenvalue weighted by molar-refractivity contribution is 0.0815. The second kappa shape index (κ2) is 8.71. The third-order valence-corrected chi connectivity index (χ3v) is 5.35. The van der Waals surface area contributed by atoms with E-state index in [1.807, 2.05) is 26.0 Å². The Kier molecular flexibility index (Phi) is 5.82. The molecule has 4 rings (SSSR count). The summed E-state index contributed by atoms with van der Waals surface area (Å²) in [6, 6.07) is 19.8. The fourth-order valence-electron chi connectivity index (χ4n) is 3.74. The van der Waals surface area contributed by atoms with Crippen LogP contribution in [0.4, 0.5) is 0 Å². The van der Waals surface area contributed by atoms with E-state index in [-0.39, 0.29) is 22.7 Å². The van der Waals surface area contributed by atoms with Gasteiger partial charge in [0, 0.05) is 11.1 Å². The first-order chi connectivity index (χ1) is 15.4. The predicted octanol–water partition coefficient (Wildman–Crippen LogP) is 5.74. The highest BCUT2D eigenvalue weighted by molar-refractivity contribution is 5.99. The lowest BCUT2D eigenvalue weighted by Gasteiger charge is -2.17. The van der Waals surface area contributed by atoms with Crippen LogP contribution >= 0.6 is 0 Å². The van der Waals surface area contributed by atoms with Crippen molar-refractivity contribution in [2.45, 2.75) is 26.9 Å². The fraction of sp³-hybridized carbons (Fsp3) is 0.185. The Hall–Kier alpha value is -3.86. The molecule has 0 aliphatic heterocycles. The van der Waals surface area contributed by atoms with Crippen molar-refractivity contribution in [1.82, 2.24) is 0 Å². The number of fused-ring (bicyclic) bond motifs is 1. The molecular formula is C27H24O5. The molecule has 162 valence electrons. The van der Waals surface area contributed by atoms with Crippen molar-refractivity contribution in [2.75, 3.05) is 7.11 Å². The summed E-state index contributed by atoms with van der Waals surface area (Å²) in [6.07, 6.45) is -0.874. The van der Waals surface area contributed by atoms with E-state index in [1.165, 1.54) is 0 Å². The van der Waals surface area contributed by atoms with Crippen LogP contribution in [0.3, 0.4) is 0 Å². The number of carbonyl (C=O) groups is 1. The number of benzene rings is 3. The predicted molar refractivity (Wildman–Crippen MR) is 125 cm³/mol. The largest absolute Gasteiger partial charge is 0.497 e. The number of carbonyl (C=O) groups excluding carboxylic acids is 1. The van der Waals surface area contributed by atoms with Crippen molar-refractivity contribution in [3.8, 4) is 22.8 Å². The van der Waals surface area contributed by atoms with Crippen molar-refractivity contribution in [3.05, 3.63) is 93.6 Å². The van der Waals surface area contributed by atoms with E-state index < -0.39 is 6.10 Å². The van der Waals surface area contributed by atoms with Crippen LogP contribution in [0.2, 0.25) is 0 Å². The highest BCUT2D eigenvalue weighted by Gasteiger charge is 2.24. The van der Waals surface area contributed by atoms with Crippen LogP contribution in [0.25, 0.3) is 22.3 Å². The third kappa shape index (κ3) is 4.02. The molecule has 0 spiro atoms. The van der Waals surface area contributed by atoms with E-state index in [9.17, 15) is 9.59 Å². The molecule has 5 nitrogen and oxygen atoms in total. The maximum absolute atomic E-state index is 13.5. The first-order valence-electron chi connectivity index (χ1n) is 10.4. The van der Waals surface area contributed by atoms with Crippen LogP contribution in [0, 0.1) is 13.8 Å². The van der Waals surface area contributed by atoms with Crippen molar-refractivity contribution >= 4 is 16.8 Å². The summed E-state index contributed by atoms with van der Waals surface area (Å²) in [5, 5.41) is 0.425. The quantitative estimate of drug-likeness (QED) is 0.367. The van der Waals surface area contributed by atoms with Gasteiger partial charge >= 0.3 is 0 Å². The Balaban J connectivity index is 1.87. The number of hydrogen-bond acceptors (Lipinski definition) is 5. The number of ketones is 1. The lowest BCUT2D eigenvalue weighted by atomic mass is 10.0. The van der Waals surface area contributed by atoms with E-state index in [1.54, 1.807) is 68.6 Å². The first kappa shape index (κ1) is 21.4. The number of rotatable bonds is 6. The van der Waals surface area contributed by atoms with Crippen LogP contribution in [-0.4, -0.2) is 19.0 Å². The van der Waals surface area contributed by atoms with Gasteiger partial charge in [-0.25, -0.2) is 0 Å². The van der Waals surface area contributed by atoms with Gasteiger partial charge in [0.05, 0.1) is 12.5 Å². The molecule has 0 aliphatic carbocycles. The summed E-state index contributed by atoms with van der Waals surface area (Å²) in [7, 11) is 1.59. The second-order valence-corrected chi connectivity index (χ2v) is 7.77. The zero-order valence-electron chi connectivity index (χ0n) is 18.5. The lowest BCUT2D eigenvalue weighted by Crippen LogP contribution is -2.26. The molecule has 3 aromatic carbocycles. The Bertz CT molecular complexity index is 1330. The molecule has 1 atom stereocenters. The van der Waals surface area contributed by atoms with Gasteiger partial charge in [-0.15, -0.1) is 0 Å². The minimum absolute atomic E-state index is 0.0180. The number of Topliss-reactive ketones (excluding diaryl/α,β-unsaturated/α-hetero) is 1. The maximum atomic E-state index is 13.5. The molecule has 0 fully saturated rings. The summed E-state index contributed by atoms with van der Waals surface area (Å²) in [5.74, 6) is 0.763. The Morgan fingerprint density at radius 2 is 1.66 bits per heavy atom. The van der Waals surface area contributed by atoms with Crippen molar-refractivity contribution in [1.29, 1.82) is 0 Å². The standard InChI is InChI=1S/C27H24O5/c1-16-14-17(2)25-22(15-16)24(29)27(26(32-25)20-10-12-21(30-4)13-11-20)31-18(3)23(28)19-8-6-5-7-9-19/h5-15,18H,1-4H3/t18-/m0/s1. The number of hydrogen-bond donors (Lipinski definition) is 0. The number of methoxy groups -OCH3 is 1.